The molecule has 1 N–H and O–H groups in total. The normalized spacial score (nSPS) is 16.2. The number of hydrogen-bond donors (Lipinski definition) is 1. The smallest absolute Gasteiger partial charge is 0.0658 e. The zero-order valence-corrected chi connectivity index (χ0v) is 9.14. The van der Waals surface area contributed by atoms with Gasteiger partial charge < -0.3 is 9.84 Å². The first kappa shape index (κ1) is 11.9. The third-order valence-electron chi connectivity index (χ3n) is 1.37. The summed E-state index contributed by atoms with van der Waals surface area (Å²) >= 11 is 0. The summed E-state index contributed by atoms with van der Waals surface area (Å²) in [6, 6.07) is 0. The molecule has 1 atom stereocenters. The average Bonchev–Trinajstić information content (AvgIpc) is 1.48. The maximum Gasteiger partial charge on any atom is 0.0658 e. The lowest BCUT2D eigenvalue weighted by atomic mass is 10.00. The minimum atomic E-state index is -0.303. The fourth-order valence-corrected chi connectivity index (χ4v) is 1.58. The van der Waals surface area contributed by atoms with Gasteiger partial charge in [0, 0.05) is 6.42 Å². The van der Waals surface area contributed by atoms with E-state index in [1.165, 1.54) is 0 Å². The maximum absolute atomic E-state index is 9.20. The Morgan fingerprint density at radius 2 is 1.58 bits per heavy atom. The fourth-order valence-electron chi connectivity index (χ4n) is 1.58. The first-order valence-corrected chi connectivity index (χ1v) is 4.51. The molecular weight excluding hydrogens is 152 g/mol. The van der Waals surface area contributed by atoms with Gasteiger partial charge in [0.05, 0.1) is 17.3 Å². The number of rotatable bonds is 3. The molecule has 0 bridgehead atoms. The minimum absolute atomic E-state index is 0.140. The summed E-state index contributed by atoms with van der Waals surface area (Å²) in [5, 5.41) is 9.20. The second kappa shape index (κ2) is 3.75. The average molecular weight is 174 g/mol. The lowest BCUT2D eigenvalue weighted by Crippen LogP contribution is -2.37. The molecule has 0 aliphatic heterocycles. The lowest BCUT2D eigenvalue weighted by Gasteiger charge is -2.34. The molecule has 1 unspecified atom stereocenters. The van der Waals surface area contributed by atoms with E-state index in [9.17, 15) is 5.11 Å². The van der Waals surface area contributed by atoms with Gasteiger partial charge in [-0.25, -0.2) is 0 Å². The number of aliphatic hydroxyl groups excluding tert-OH is 1. The van der Waals surface area contributed by atoms with Gasteiger partial charge in [-0.2, -0.15) is 0 Å². The minimum Gasteiger partial charge on any atom is -0.393 e. The first-order valence-electron chi connectivity index (χ1n) is 4.51. The molecule has 0 aromatic rings. The van der Waals surface area contributed by atoms with E-state index in [0.29, 0.717) is 6.42 Å². The van der Waals surface area contributed by atoms with Crippen molar-refractivity contribution in [3.05, 3.63) is 0 Å². The van der Waals surface area contributed by atoms with E-state index >= 15 is 0 Å². The van der Waals surface area contributed by atoms with Gasteiger partial charge in [-0.15, -0.1) is 0 Å². The molecule has 0 rings (SSSR count). The van der Waals surface area contributed by atoms with Gasteiger partial charge in [-0.05, 0) is 41.5 Å². The van der Waals surface area contributed by atoms with Crippen LogP contribution >= 0.6 is 0 Å². The van der Waals surface area contributed by atoms with Crippen LogP contribution in [-0.2, 0) is 4.74 Å². The first-order chi connectivity index (χ1) is 5.12. The van der Waals surface area contributed by atoms with Gasteiger partial charge in [0.25, 0.3) is 0 Å². The van der Waals surface area contributed by atoms with E-state index in [0.717, 1.165) is 0 Å². The van der Waals surface area contributed by atoms with Crippen LogP contribution in [0, 0.1) is 0 Å². The zero-order valence-electron chi connectivity index (χ0n) is 9.14. The Labute approximate surface area is 75.9 Å². The molecule has 0 amide bonds. The maximum atomic E-state index is 9.20. The Balaban J connectivity index is 4.04. The summed E-state index contributed by atoms with van der Waals surface area (Å²) in [5.74, 6) is 0. The zero-order chi connectivity index (χ0) is 9.99. The molecule has 2 nitrogen and oxygen atoms in total. The largest absolute Gasteiger partial charge is 0.393 e. The van der Waals surface area contributed by atoms with E-state index in [1.807, 2.05) is 34.6 Å². The molecule has 0 aromatic carbocycles. The predicted octanol–water partition coefficient (Wildman–Crippen LogP) is 2.35. The highest BCUT2D eigenvalue weighted by Gasteiger charge is 2.26. The Kier molecular flexibility index (Phi) is 3.73. The Morgan fingerprint density at radius 1 is 1.17 bits per heavy atom. The quantitative estimate of drug-likeness (QED) is 0.711. The molecule has 0 spiro atoms. The molecule has 12 heavy (non-hydrogen) atoms. The van der Waals surface area contributed by atoms with Crippen molar-refractivity contribution in [3.8, 4) is 0 Å². The summed E-state index contributed by atoms with van der Waals surface area (Å²) in [6.45, 7) is 11.9. The van der Waals surface area contributed by atoms with Gasteiger partial charge in [0.2, 0.25) is 0 Å². The van der Waals surface area contributed by atoms with Crippen LogP contribution in [0.1, 0.15) is 48.0 Å². The lowest BCUT2D eigenvalue weighted by molar-refractivity contribution is -0.127. The molecule has 0 aliphatic carbocycles. The van der Waals surface area contributed by atoms with E-state index in [4.69, 9.17) is 4.74 Å². The van der Waals surface area contributed by atoms with Gasteiger partial charge in [-0.1, -0.05) is 0 Å². The van der Waals surface area contributed by atoms with Crippen molar-refractivity contribution in [1.29, 1.82) is 0 Å². The summed E-state index contributed by atoms with van der Waals surface area (Å²) in [5.41, 5.74) is -0.384. The topological polar surface area (TPSA) is 29.5 Å². The highest BCUT2D eigenvalue weighted by molar-refractivity contribution is 4.76. The van der Waals surface area contributed by atoms with E-state index < -0.39 is 0 Å². The van der Waals surface area contributed by atoms with Crippen LogP contribution in [0.3, 0.4) is 0 Å². The fraction of sp³-hybridized carbons (Fsp3) is 1.00. The molecule has 2 heteroatoms. The molecule has 0 saturated carbocycles. The van der Waals surface area contributed by atoms with Crippen molar-refractivity contribution < 1.29 is 9.84 Å². The van der Waals surface area contributed by atoms with Crippen molar-refractivity contribution in [2.24, 2.45) is 0 Å². The van der Waals surface area contributed by atoms with Crippen LogP contribution < -0.4 is 0 Å². The van der Waals surface area contributed by atoms with Crippen LogP contribution in [-0.4, -0.2) is 22.4 Å². The Hall–Kier alpha value is -0.0800. The predicted molar refractivity (Wildman–Crippen MR) is 51.2 cm³/mol. The van der Waals surface area contributed by atoms with Crippen LogP contribution in [0.4, 0.5) is 0 Å². The molecular formula is C10H22O2. The summed E-state index contributed by atoms with van der Waals surface area (Å²) in [7, 11) is 0. The third-order valence-corrected chi connectivity index (χ3v) is 1.37. The van der Waals surface area contributed by atoms with Gasteiger partial charge in [-0.3, -0.25) is 0 Å². The number of aliphatic hydroxyl groups is 1. The van der Waals surface area contributed by atoms with Crippen LogP contribution in [0.25, 0.3) is 0 Å². The van der Waals surface area contributed by atoms with Crippen molar-refractivity contribution >= 4 is 0 Å². The van der Waals surface area contributed by atoms with Gasteiger partial charge >= 0.3 is 0 Å². The molecule has 0 saturated heterocycles. The number of hydrogen-bond acceptors (Lipinski definition) is 2. The summed E-state index contributed by atoms with van der Waals surface area (Å²) in [4.78, 5) is 0. The van der Waals surface area contributed by atoms with E-state index in [1.54, 1.807) is 6.92 Å². The Morgan fingerprint density at radius 3 is 1.83 bits per heavy atom. The van der Waals surface area contributed by atoms with Gasteiger partial charge in [0.15, 0.2) is 0 Å². The highest BCUT2D eigenvalue weighted by atomic mass is 16.5. The molecule has 0 heterocycles. The SMILES string of the molecule is CC(O)CC(C)(C)OC(C)(C)C. The second-order valence-corrected chi connectivity index (χ2v) is 5.03. The van der Waals surface area contributed by atoms with Crippen LogP contribution in [0.5, 0.6) is 0 Å². The van der Waals surface area contributed by atoms with Gasteiger partial charge in [0.1, 0.15) is 0 Å². The monoisotopic (exact) mass is 174 g/mol. The van der Waals surface area contributed by atoms with E-state index in [2.05, 4.69) is 0 Å². The summed E-state index contributed by atoms with van der Waals surface area (Å²) in [6.07, 6.45) is 0.368. The molecule has 74 valence electrons. The van der Waals surface area contributed by atoms with Crippen LogP contribution in [0.2, 0.25) is 0 Å². The second-order valence-electron chi connectivity index (χ2n) is 5.03. The van der Waals surface area contributed by atoms with Crippen molar-refractivity contribution in [3.63, 3.8) is 0 Å². The summed E-state index contributed by atoms with van der Waals surface area (Å²) < 4.78 is 5.78. The highest BCUT2D eigenvalue weighted by Crippen LogP contribution is 2.23. The standard InChI is InChI=1S/C10H22O2/c1-8(11)7-10(5,6)12-9(2,3)4/h8,11H,7H2,1-6H3. The van der Waals surface area contributed by atoms with Crippen molar-refractivity contribution in [2.75, 3.05) is 0 Å². The molecule has 0 fully saturated rings. The van der Waals surface area contributed by atoms with Crippen LogP contribution in [0.15, 0.2) is 0 Å². The molecule has 0 radical (unpaired) electrons. The number of ether oxygens (including phenoxy) is 1. The Bertz CT molecular complexity index is 131. The molecule has 0 aromatic heterocycles. The van der Waals surface area contributed by atoms with Crippen molar-refractivity contribution in [2.45, 2.75) is 65.3 Å². The van der Waals surface area contributed by atoms with Crippen molar-refractivity contribution in [1.82, 2.24) is 0 Å². The molecule has 0 aliphatic rings. The third kappa shape index (κ3) is 6.62. The van der Waals surface area contributed by atoms with E-state index in [-0.39, 0.29) is 17.3 Å².